The van der Waals surface area contributed by atoms with E-state index in [4.69, 9.17) is 9.47 Å². The van der Waals surface area contributed by atoms with E-state index in [-0.39, 0.29) is 33.9 Å². The third-order valence-electron chi connectivity index (χ3n) is 4.75. The van der Waals surface area contributed by atoms with Crippen LogP contribution in [0, 0.1) is 20.2 Å². The molecule has 3 aromatic rings. The van der Waals surface area contributed by atoms with E-state index in [0.29, 0.717) is 0 Å². The molecule has 0 heterocycles. The van der Waals surface area contributed by atoms with Crippen molar-refractivity contribution in [3.8, 4) is 11.5 Å². The standard InChI is InChI=1S/C23H17N3O10/c1-34-22(28)17-8-7-16(12-18(17)23(29)35-2)36-20-6-4-3-5-19(20)24-21(27)13-9-14(25(30)31)11-15(10-13)26(32)33/h3-12H,1-2H3,(H,24,27). The van der Waals surface area contributed by atoms with Gasteiger partial charge in [-0.2, -0.15) is 0 Å². The van der Waals surface area contributed by atoms with Crippen LogP contribution in [0.25, 0.3) is 0 Å². The Morgan fingerprint density at radius 1 is 0.778 bits per heavy atom. The highest BCUT2D eigenvalue weighted by Crippen LogP contribution is 2.32. The molecule has 13 heteroatoms. The number of esters is 2. The summed E-state index contributed by atoms with van der Waals surface area (Å²) in [6.45, 7) is 0. The molecule has 0 unspecified atom stereocenters. The first-order chi connectivity index (χ1) is 17.1. The smallest absolute Gasteiger partial charge is 0.338 e. The Morgan fingerprint density at radius 2 is 1.36 bits per heavy atom. The zero-order valence-corrected chi connectivity index (χ0v) is 18.8. The maximum atomic E-state index is 12.8. The number of carbonyl (C=O) groups is 3. The summed E-state index contributed by atoms with van der Waals surface area (Å²) in [6.07, 6.45) is 0. The molecule has 0 atom stereocenters. The molecule has 0 radical (unpaired) electrons. The third kappa shape index (κ3) is 5.59. The minimum atomic E-state index is -0.867. The van der Waals surface area contributed by atoms with Crippen molar-refractivity contribution in [2.45, 2.75) is 0 Å². The SMILES string of the molecule is COC(=O)c1ccc(Oc2ccccc2NC(=O)c2cc([N+](=O)[O-])cc([N+](=O)[O-])c2)cc1C(=O)OC. The number of hydrogen-bond acceptors (Lipinski definition) is 10. The molecule has 0 spiro atoms. The normalized spacial score (nSPS) is 10.2. The van der Waals surface area contributed by atoms with Crippen LogP contribution >= 0.6 is 0 Å². The number of benzene rings is 3. The lowest BCUT2D eigenvalue weighted by Crippen LogP contribution is -2.13. The van der Waals surface area contributed by atoms with Crippen LogP contribution in [0.3, 0.4) is 0 Å². The van der Waals surface area contributed by atoms with E-state index in [9.17, 15) is 34.6 Å². The highest BCUT2D eigenvalue weighted by Gasteiger charge is 2.22. The first kappa shape index (κ1) is 25.3. The molecule has 3 rings (SSSR count). The van der Waals surface area contributed by atoms with Gasteiger partial charge in [-0.05, 0) is 30.3 Å². The van der Waals surface area contributed by atoms with Gasteiger partial charge in [-0.25, -0.2) is 9.59 Å². The van der Waals surface area contributed by atoms with E-state index in [1.54, 1.807) is 12.1 Å². The molecule has 0 saturated heterocycles. The number of anilines is 1. The Labute approximate surface area is 202 Å². The minimum Gasteiger partial charge on any atom is -0.465 e. The Balaban J connectivity index is 1.93. The number of amides is 1. The summed E-state index contributed by atoms with van der Waals surface area (Å²) < 4.78 is 15.1. The zero-order chi connectivity index (χ0) is 26.4. The van der Waals surface area contributed by atoms with Crippen LogP contribution in [0.2, 0.25) is 0 Å². The molecule has 1 N–H and O–H groups in total. The lowest BCUT2D eigenvalue weighted by molar-refractivity contribution is -0.394. The van der Waals surface area contributed by atoms with Gasteiger partial charge in [0.25, 0.3) is 17.3 Å². The molecule has 0 aliphatic heterocycles. The van der Waals surface area contributed by atoms with Gasteiger partial charge >= 0.3 is 11.9 Å². The largest absolute Gasteiger partial charge is 0.465 e. The van der Waals surface area contributed by atoms with E-state index < -0.39 is 39.1 Å². The summed E-state index contributed by atoms with van der Waals surface area (Å²) in [5, 5.41) is 24.7. The lowest BCUT2D eigenvalue weighted by atomic mass is 10.1. The summed E-state index contributed by atoms with van der Waals surface area (Å²) in [4.78, 5) is 57.4. The Kier molecular flexibility index (Phi) is 7.54. The van der Waals surface area contributed by atoms with E-state index >= 15 is 0 Å². The molecule has 1 amide bonds. The predicted molar refractivity (Wildman–Crippen MR) is 123 cm³/mol. The van der Waals surface area contributed by atoms with Crippen LogP contribution in [0.4, 0.5) is 17.1 Å². The number of non-ortho nitro benzene ring substituents is 2. The highest BCUT2D eigenvalue weighted by molar-refractivity contribution is 6.06. The minimum absolute atomic E-state index is 0.0504. The number of nitrogens with one attached hydrogen (secondary N) is 1. The van der Waals surface area contributed by atoms with Gasteiger partial charge in [0.2, 0.25) is 0 Å². The maximum Gasteiger partial charge on any atom is 0.338 e. The number of nitro benzene ring substituents is 2. The Hall–Kier alpha value is -5.33. The molecule has 0 aliphatic rings. The van der Waals surface area contributed by atoms with Gasteiger partial charge in [0, 0.05) is 12.1 Å². The molecule has 0 aliphatic carbocycles. The highest BCUT2D eigenvalue weighted by atomic mass is 16.6. The molecule has 13 nitrogen and oxygen atoms in total. The van der Waals surface area contributed by atoms with Crippen molar-refractivity contribution in [3.63, 3.8) is 0 Å². The first-order valence-electron chi connectivity index (χ1n) is 9.97. The van der Waals surface area contributed by atoms with Gasteiger partial charge in [0.05, 0.1) is 52.5 Å². The predicted octanol–water partition coefficient (Wildman–Crippen LogP) is 4.12. The van der Waals surface area contributed by atoms with Crippen molar-refractivity contribution >= 4 is 34.9 Å². The number of rotatable bonds is 8. The quantitative estimate of drug-likeness (QED) is 0.271. The molecule has 0 bridgehead atoms. The second-order valence-electron chi connectivity index (χ2n) is 7.00. The summed E-state index contributed by atoms with van der Waals surface area (Å²) in [6, 6.07) is 12.6. The van der Waals surface area contributed by atoms with Crippen LogP contribution in [-0.2, 0) is 9.47 Å². The number of carbonyl (C=O) groups excluding carboxylic acids is 3. The average Bonchev–Trinajstić information content (AvgIpc) is 2.88. The van der Waals surface area contributed by atoms with Crippen molar-refractivity contribution in [3.05, 3.63) is 97.6 Å². The van der Waals surface area contributed by atoms with Crippen molar-refractivity contribution < 1.29 is 38.4 Å². The van der Waals surface area contributed by atoms with Crippen molar-refractivity contribution in [1.29, 1.82) is 0 Å². The number of para-hydroxylation sites is 2. The summed E-state index contributed by atoms with van der Waals surface area (Å²) in [5.74, 6) is -2.23. The van der Waals surface area contributed by atoms with E-state index in [1.807, 2.05) is 0 Å². The zero-order valence-electron chi connectivity index (χ0n) is 18.8. The van der Waals surface area contributed by atoms with Gasteiger partial charge in [0.1, 0.15) is 5.75 Å². The number of nitrogens with zero attached hydrogens (tertiary/aromatic N) is 2. The van der Waals surface area contributed by atoms with Gasteiger partial charge < -0.3 is 19.5 Å². The first-order valence-corrected chi connectivity index (χ1v) is 9.97. The number of hydrogen-bond donors (Lipinski definition) is 1. The molecular formula is C23H17N3O10. The van der Waals surface area contributed by atoms with E-state index in [2.05, 4.69) is 10.1 Å². The monoisotopic (exact) mass is 495 g/mol. The third-order valence-corrected chi connectivity index (χ3v) is 4.75. The summed E-state index contributed by atoms with van der Waals surface area (Å²) in [7, 11) is 2.29. The Morgan fingerprint density at radius 3 is 1.94 bits per heavy atom. The molecule has 184 valence electrons. The molecule has 36 heavy (non-hydrogen) atoms. The van der Waals surface area contributed by atoms with Crippen LogP contribution in [0.5, 0.6) is 11.5 Å². The van der Waals surface area contributed by atoms with Crippen molar-refractivity contribution in [1.82, 2.24) is 0 Å². The second-order valence-corrected chi connectivity index (χ2v) is 7.00. The summed E-state index contributed by atoms with van der Waals surface area (Å²) >= 11 is 0. The topological polar surface area (TPSA) is 177 Å². The van der Waals surface area contributed by atoms with Gasteiger partial charge in [0.15, 0.2) is 5.75 Å². The van der Waals surface area contributed by atoms with E-state index in [1.165, 1.54) is 30.3 Å². The van der Waals surface area contributed by atoms with Crippen LogP contribution in [0.1, 0.15) is 31.1 Å². The van der Waals surface area contributed by atoms with Gasteiger partial charge in [-0.1, -0.05) is 12.1 Å². The molecular weight excluding hydrogens is 478 g/mol. The average molecular weight is 495 g/mol. The number of nitro groups is 2. The lowest BCUT2D eigenvalue weighted by Gasteiger charge is -2.14. The fraction of sp³-hybridized carbons (Fsp3) is 0.0870. The fourth-order valence-electron chi connectivity index (χ4n) is 3.07. The molecule has 0 fully saturated rings. The Bertz CT molecular complexity index is 1350. The second kappa shape index (κ2) is 10.7. The van der Waals surface area contributed by atoms with Crippen LogP contribution in [0.15, 0.2) is 60.7 Å². The van der Waals surface area contributed by atoms with Gasteiger partial charge in [-0.3, -0.25) is 25.0 Å². The molecule has 3 aromatic carbocycles. The fourth-order valence-corrected chi connectivity index (χ4v) is 3.07. The van der Waals surface area contributed by atoms with Crippen molar-refractivity contribution in [2.75, 3.05) is 19.5 Å². The van der Waals surface area contributed by atoms with Crippen LogP contribution < -0.4 is 10.1 Å². The van der Waals surface area contributed by atoms with Gasteiger partial charge in [-0.15, -0.1) is 0 Å². The molecule has 0 aromatic heterocycles. The maximum absolute atomic E-state index is 12.8. The van der Waals surface area contributed by atoms with E-state index in [0.717, 1.165) is 32.4 Å². The molecule has 0 saturated carbocycles. The number of methoxy groups -OCH3 is 2. The van der Waals surface area contributed by atoms with Crippen molar-refractivity contribution in [2.24, 2.45) is 0 Å². The van der Waals surface area contributed by atoms with Crippen LogP contribution in [-0.4, -0.2) is 41.9 Å². The number of ether oxygens (including phenoxy) is 3. The summed E-state index contributed by atoms with van der Waals surface area (Å²) in [5.41, 5.74) is -1.62.